The second kappa shape index (κ2) is 13.7. The number of aliphatic imine (C=N–C) groups is 1. The lowest BCUT2D eigenvalue weighted by molar-refractivity contribution is 0.107. The summed E-state index contributed by atoms with van der Waals surface area (Å²) in [5, 5.41) is 7.05. The average molecular weight is 537 g/mol. The number of nitrogens with zero attached hydrogens (tertiary/aromatic N) is 2. The first-order chi connectivity index (χ1) is 14.6. The number of benzene rings is 2. The first kappa shape index (κ1) is 25.6. The highest BCUT2D eigenvalue weighted by Crippen LogP contribution is 2.13. The van der Waals surface area contributed by atoms with E-state index >= 15 is 0 Å². The van der Waals surface area contributed by atoms with Crippen LogP contribution < -0.4 is 10.6 Å². The number of hydrogen-bond acceptors (Lipinski definition) is 3. The maximum atomic E-state index is 5.87. The van der Waals surface area contributed by atoms with Crippen molar-refractivity contribution in [2.24, 2.45) is 4.99 Å². The summed E-state index contributed by atoms with van der Waals surface area (Å²) in [6.07, 6.45) is 2.32. The monoisotopic (exact) mass is 536 g/mol. The van der Waals surface area contributed by atoms with Gasteiger partial charge in [0.05, 0.1) is 13.2 Å². The molecule has 0 unspecified atom stereocenters. The SMILES string of the molecule is CN=C(NCc1cccc(COCc2ccccc2)c1)NC1CCN(C(C)C)CC1.I. The Labute approximate surface area is 204 Å². The van der Waals surface area contributed by atoms with Crippen molar-refractivity contribution in [1.29, 1.82) is 0 Å². The van der Waals surface area contributed by atoms with Crippen molar-refractivity contribution in [3.63, 3.8) is 0 Å². The van der Waals surface area contributed by atoms with Crippen molar-refractivity contribution in [3.05, 3.63) is 71.3 Å². The fourth-order valence-electron chi connectivity index (χ4n) is 3.82. The van der Waals surface area contributed by atoms with E-state index in [1.807, 2.05) is 25.2 Å². The minimum Gasteiger partial charge on any atom is -0.372 e. The Balaban J connectivity index is 0.00000341. The van der Waals surface area contributed by atoms with Crippen LogP contribution in [0.1, 0.15) is 43.4 Å². The number of guanidine groups is 1. The number of rotatable bonds is 8. The second-order valence-electron chi connectivity index (χ2n) is 8.27. The average Bonchev–Trinajstić information content (AvgIpc) is 2.78. The maximum absolute atomic E-state index is 5.87. The number of likely N-dealkylation sites (tertiary alicyclic amines) is 1. The molecular weight excluding hydrogens is 499 g/mol. The van der Waals surface area contributed by atoms with E-state index in [-0.39, 0.29) is 24.0 Å². The molecule has 3 rings (SSSR count). The maximum Gasteiger partial charge on any atom is 0.191 e. The molecule has 0 bridgehead atoms. The van der Waals surface area contributed by atoms with Gasteiger partial charge in [-0.25, -0.2) is 0 Å². The van der Waals surface area contributed by atoms with Crippen LogP contribution in [0.25, 0.3) is 0 Å². The van der Waals surface area contributed by atoms with Gasteiger partial charge in [-0.1, -0.05) is 54.6 Å². The van der Waals surface area contributed by atoms with E-state index < -0.39 is 0 Å². The molecule has 6 heteroatoms. The molecule has 0 aromatic heterocycles. The number of halogens is 1. The Bertz CT molecular complexity index is 789. The molecule has 0 saturated carbocycles. The summed E-state index contributed by atoms with van der Waals surface area (Å²) < 4.78 is 5.87. The lowest BCUT2D eigenvalue weighted by Crippen LogP contribution is -2.49. The van der Waals surface area contributed by atoms with Gasteiger partial charge in [-0.2, -0.15) is 0 Å². The van der Waals surface area contributed by atoms with Gasteiger partial charge in [-0.3, -0.25) is 4.99 Å². The topological polar surface area (TPSA) is 48.9 Å². The molecule has 0 aliphatic carbocycles. The van der Waals surface area contributed by atoms with Gasteiger partial charge in [0, 0.05) is 38.8 Å². The molecule has 1 aliphatic heterocycles. The minimum absolute atomic E-state index is 0. The van der Waals surface area contributed by atoms with E-state index in [9.17, 15) is 0 Å². The van der Waals surface area contributed by atoms with Gasteiger partial charge in [0.2, 0.25) is 0 Å². The third-order valence-electron chi connectivity index (χ3n) is 5.66. The van der Waals surface area contributed by atoms with Gasteiger partial charge in [0.1, 0.15) is 0 Å². The van der Waals surface area contributed by atoms with Gasteiger partial charge in [0.15, 0.2) is 5.96 Å². The number of piperidine rings is 1. The Kier molecular flexibility index (Phi) is 11.3. The zero-order valence-corrected chi connectivity index (χ0v) is 21.3. The summed E-state index contributed by atoms with van der Waals surface area (Å²) in [7, 11) is 1.84. The van der Waals surface area contributed by atoms with Crippen LogP contribution in [-0.4, -0.2) is 43.1 Å². The van der Waals surface area contributed by atoms with Crippen molar-refractivity contribution < 1.29 is 4.74 Å². The Morgan fingerprint density at radius 2 is 1.65 bits per heavy atom. The highest BCUT2D eigenvalue weighted by atomic mass is 127. The molecule has 2 N–H and O–H groups in total. The van der Waals surface area contributed by atoms with E-state index in [2.05, 4.69) is 70.8 Å². The van der Waals surface area contributed by atoms with Crippen LogP contribution in [0.5, 0.6) is 0 Å². The second-order valence-corrected chi connectivity index (χ2v) is 8.27. The van der Waals surface area contributed by atoms with E-state index in [0.29, 0.717) is 25.3 Å². The zero-order valence-electron chi connectivity index (χ0n) is 19.0. The molecule has 1 saturated heterocycles. The van der Waals surface area contributed by atoms with Crippen molar-refractivity contribution in [2.75, 3.05) is 20.1 Å². The summed E-state index contributed by atoms with van der Waals surface area (Å²) in [5.74, 6) is 0.878. The van der Waals surface area contributed by atoms with Crippen LogP contribution in [0.4, 0.5) is 0 Å². The molecule has 1 heterocycles. The summed E-state index contributed by atoms with van der Waals surface area (Å²) in [5.41, 5.74) is 3.62. The van der Waals surface area contributed by atoms with Crippen molar-refractivity contribution in [3.8, 4) is 0 Å². The first-order valence-corrected chi connectivity index (χ1v) is 11.0. The largest absolute Gasteiger partial charge is 0.372 e. The Morgan fingerprint density at radius 1 is 1.00 bits per heavy atom. The molecule has 170 valence electrons. The lowest BCUT2D eigenvalue weighted by atomic mass is 10.0. The predicted octanol–water partition coefficient (Wildman–Crippen LogP) is 4.56. The molecule has 2 aromatic carbocycles. The van der Waals surface area contributed by atoms with Gasteiger partial charge >= 0.3 is 0 Å². The Hall–Kier alpha value is -1.64. The van der Waals surface area contributed by atoms with Gasteiger partial charge in [-0.05, 0) is 43.4 Å². The summed E-state index contributed by atoms with van der Waals surface area (Å²) in [6, 6.07) is 20.0. The third kappa shape index (κ3) is 8.79. The molecule has 0 amide bonds. The van der Waals surface area contributed by atoms with Crippen LogP contribution in [0.15, 0.2) is 59.6 Å². The summed E-state index contributed by atoms with van der Waals surface area (Å²) >= 11 is 0. The Morgan fingerprint density at radius 3 is 2.32 bits per heavy atom. The van der Waals surface area contributed by atoms with E-state index in [1.54, 1.807) is 0 Å². The lowest BCUT2D eigenvalue weighted by Gasteiger charge is -2.35. The van der Waals surface area contributed by atoms with Gasteiger partial charge in [-0.15, -0.1) is 24.0 Å². The molecule has 2 aromatic rings. The smallest absolute Gasteiger partial charge is 0.191 e. The number of ether oxygens (including phenoxy) is 1. The molecule has 1 fully saturated rings. The normalized spacial score (nSPS) is 15.5. The van der Waals surface area contributed by atoms with Crippen LogP contribution in [-0.2, 0) is 24.5 Å². The van der Waals surface area contributed by atoms with Gasteiger partial charge < -0.3 is 20.3 Å². The molecule has 5 nitrogen and oxygen atoms in total. The van der Waals surface area contributed by atoms with Crippen LogP contribution in [0.2, 0.25) is 0 Å². The quantitative estimate of drug-likeness (QED) is 0.295. The molecule has 0 spiro atoms. The van der Waals surface area contributed by atoms with Crippen molar-refractivity contribution in [1.82, 2.24) is 15.5 Å². The molecular formula is C25H37IN4O. The standard InChI is InChI=1S/C25H36N4O.HI/c1-20(2)29-14-12-24(13-15-29)28-25(26-3)27-17-22-10-7-11-23(16-22)19-30-18-21-8-5-4-6-9-21;/h4-11,16,20,24H,12-15,17-19H2,1-3H3,(H2,26,27,28);1H. The van der Waals surface area contributed by atoms with E-state index in [1.165, 1.54) is 16.7 Å². The zero-order chi connectivity index (χ0) is 21.2. The third-order valence-corrected chi connectivity index (χ3v) is 5.66. The van der Waals surface area contributed by atoms with Crippen LogP contribution in [0.3, 0.4) is 0 Å². The molecule has 1 aliphatic rings. The predicted molar refractivity (Wildman–Crippen MR) is 140 cm³/mol. The number of hydrogen-bond donors (Lipinski definition) is 2. The first-order valence-electron chi connectivity index (χ1n) is 11.0. The highest BCUT2D eigenvalue weighted by Gasteiger charge is 2.21. The van der Waals surface area contributed by atoms with E-state index in [4.69, 9.17) is 4.74 Å². The fraction of sp³-hybridized carbons (Fsp3) is 0.480. The van der Waals surface area contributed by atoms with Crippen LogP contribution >= 0.6 is 24.0 Å². The number of nitrogens with one attached hydrogen (secondary N) is 2. The van der Waals surface area contributed by atoms with E-state index in [0.717, 1.165) is 38.4 Å². The van der Waals surface area contributed by atoms with Crippen molar-refractivity contribution >= 4 is 29.9 Å². The molecule has 31 heavy (non-hydrogen) atoms. The summed E-state index contributed by atoms with van der Waals surface area (Å²) in [6.45, 7) is 8.84. The summed E-state index contributed by atoms with van der Waals surface area (Å²) in [4.78, 5) is 6.95. The highest BCUT2D eigenvalue weighted by molar-refractivity contribution is 14.0. The van der Waals surface area contributed by atoms with Crippen molar-refractivity contribution in [2.45, 2.75) is 58.5 Å². The fourth-order valence-corrected chi connectivity index (χ4v) is 3.82. The van der Waals surface area contributed by atoms with Gasteiger partial charge in [0.25, 0.3) is 0 Å². The molecule has 0 radical (unpaired) electrons. The molecule has 0 atom stereocenters. The minimum atomic E-state index is 0. The van der Waals surface area contributed by atoms with Crippen LogP contribution in [0, 0.1) is 0 Å².